The van der Waals surface area contributed by atoms with E-state index in [-0.39, 0.29) is 18.6 Å². The number of carbonyl (C=O) groups excluding carboxylic acids is 1. The smallest absolute Gasteiger partial charge is 0.272 e. The molecule has 2 aromatic rings. The molecule has 0 saturated carbocycles. The third-order valence-electron chi connectivity index (χ3n) is 3.62. The summed E-state index contributed by atoms with van der Waals surface area (Å²) in [5, 5.41) is 16.5. The molecular weight excluding hydrogens is 282 g/mol. The van der Waals surface area contributed by atoms with Crippen molar-refractivity contribution in [2.45, 2.75) is 25.4 Å². The van der Waals surface area contributed by atoms with Gasteiger partial charge in [-0.2, -0.15) is 5.10 Å². The molecule has 1 atom stereocenters. The molecule has 2 N–H and O–H groups in total. The molecule has 2 heterocycles. The average molecular weight is 301 g/mol. The number of fused-ring (bicyclic) bond motifs is 1. The van der Waals surface area contributed by atoms with Gasteiger partial charge in [0, 0.05) is 19.0 Å². The van der Waals surface area contributed by atoms with Crippen LogP contribution in [0.1, 0.15) is 22.5 Å². The first-order chi connectivity index (χ1) is 10.8. The van der Waals surface area contributed by atoms with Crippen LogP contribution < -0.4 is 10.1 Å². The van der Waals surface area contributed by atoms with Crippen LogP contribution >= 0.6 is 0 Å². The molecule has 1 unspecified atom stereocenters. The predicted octanol–water partition coefficient (Wildman–Crippen LogP) is 0.999. The molecule has 1 aromatic carbocycles. The van der Waals surface area contributed by atoms with Gasteiger partial charge in [0.2, 0.25) is 5.88 Å². The fraction of sp³-hybridized carbons (Fsp3) is 0.375. The van der Waals surface area contributed by atoms with E-state index in [4.69, 9.17) is 4.74 Å². The highest BCUT2D eigenvalue weighted by molar-refractivity contribution is 5.92. The molecule has 0 spiro atoms. The van der Waals surface area contributed by atoms with Crippen molar-refractivity contribution >= 4 is 5.91 Å². The van der Waals surface area contributed by atoms with Gasteiger partial charge in [-0.25, -0.2) is 4.68 Å². The standard InChI is InChI=1S/C16H19N3O3/c20-11-13(9-12-5-2-1-3-6-12)17-16(21)14-10-15-19(18-14)7-4-8-22-15/h1-3,5-6,10,13,20H,4,7-9,11H2,(H,17,21). The number of carbonyl (C=O) groups is 1. The van der Waals surface area contributed by atoms with Gasteiger partial charge in [-0.1, -0.05) is 30.3 Å². The van der Waals surface area contributed by atoms with E-state index in [0.717, 1.165) is 18.5 Å². The normalized spacial score (nSPS) is 14.8. The molecule has 0 fully saturated rings. The Bertz CT molecular complexity index is 616. The minimum atomic E-state index is -0.338. The number of ether oxygens (including phenoxy) is 1. The molecule has 1 aromatic heterocycles. The lowest BCUT2D eigenvalue weighted by molar-refractivity contribution is 0.0910. The topological polar surface area (TPSA) is 76.4 Å². The Morgan fingerprint density at radius 3 is 2.95 bits per heavy atom. The first kappa shape index (κ1) is 14.6. The lowest BCUT2D eigenvalue weighted by Gasteiger charge is -2.15. The SMILES string of the molecule is O=C(NC(CO)Cc1ccccc1)c1cc2n(n1)CCCO2. The number of rotatable bonds is 5. The zero-order valence-electron chi connectivity index (χ0n) is 12.2. The second-order valence-corrected chi connectivity index (χ2v) is 5.34. The molecule has 116 valence electrons. The van der Waals surface area contributed by atoms with Gasteiger partial charge in [-0.15, -0.1) is 0 Å². The van der Waals surface area contributed by atoms with E-state index in [1.165, 1.54) is 0 Å². The number of nitrogens with one attached hydrogen (secondary N) is 1. The van der Waals surface area contributed by atoms with Crippen molar-refractivity contribution in [2.24, 2.45) is 0 Å². The number of aliphatic hydroxyl groups is 1. The van der Waals surface area contributed by atoms with Crippen molar-refractivity contribution in [1.29, 1.82) is 0 Å². The second-order valence-electron chi connectivity index (χ2n) is 5.34. The molecule has 1 aliphatic rings. The molecule has 0 radical (unpaired) electrons. The summed E-state index contributed by atoms with van der Waals surface area (Å²) in [4.78, 5) is 12.3. The largest absolute Gasteiger partial charge is 0.478 e. The first-order valence-electron chi connectivity index (χ1n) is 7.42. The zero-order valence-corrected chi connectivity index (χ0v) is 12.2. The molecule has 1 amide bonds. The number of hydrogen-bond donors (Lipinski definition) is 2. The number of aliphatic hydroxyl groups excluding tert-OH is 1. The van der Waals surface area contributed by atoms with Gasteiger partial charge in [-0.3, -0.25) is 4.79 Å². The maximum atomic E-state index is 12.3. The summed E-state index contributed by atoms with van der Waals surface area (Å²) in [6, 6.07) is 11.1. The molecule has 0 aliphatic carbocycles. The number of amides is 1. The van der Waals surface area contributed by atoms with Gasteiger partial charge in [0.05, 0.1) is 19.3 Å². The summed E-state index contributed by atoms with van der Waals surface area (Å²) >= 11 is 0. The molecule has 6 nitrogen and oxygen atoms in total. The van der Waals surface area contributed by atoms with Crippen LogP contribution in [0.3, 0.4) is 0 Å². The monoisotopic (exact) mass is 301 g/mol. The molecule has 0 bridgehead atoms. The minimum Gasteiger partial charge on any atom is -0.478 e. The van der Waals surface area contributed by atoms with E-state index < -0.39 is 0 Å². The Hall–Kier alpha value is -2.34. The van der Waals surface area contributed by atoms with Gasteiger partial charge < -0.3 is 15.2 Å². The minimum absolute atomic E-state index is 0.120. The van der Waals surface area contributed by atoms with Crippen LogP contribution in [0.2, 0.25) is 0 Å². The van der Waals surface area contributed by atoms with Gasteiger partial charge in [-0.05, 0) is 12.0 Å². The Balaban J connectivity index is 1.65. The number of aryl methyl sites for hydroxylation is 1. The molecule has 0 saturated heterocycles. The van der Waals surface area contributed by atoms with Crippen LogP contribution in [0.25, 0.3) is 0 Å². The highest BCUT2D eigenvalue weighted by Crippen LogP contribution is 2.18. The zero-order chi connectivity index (χ0) is 15.4. The molecular formula is C16H19N3O3. The van der Waals surface area contributed by atoms with Crippen molar-refractivity contribution in [3.63, 3.8) is 0 Å². The van der Waals surface area contributed by atoms with E-state index >= 15 is 0 Å². The lowest BCUT2D eigenvalue weighted by Crippen LogP contribution is -2.39. The van der Waals surface area contributed by atoms with Crippen molar-refractivity contribution in [3.8, 4) is 5.88 Å². The number of nitrogens with zero attached hydrogens (tertiary/aromatic N) is 2. The summed E-state index contributed by atoms with van der Waals surface area (Å²) in [7, 11) is 0. The summed E-state index contributed by atoms with van der Waals surface area (Å²) in [6.07, 6.45) is 1.47. The van der Waals surface area contributed by atoms with Gasteiger partial charge in [0.1, 0.15) is 0 Å². The Kier molecular flexibility index (Phi) is 4.39. The van der Waals surface area contributed by atoms with Crippen LogP contribution in [0.4, 0.5) is 0 Å². The van der Waals surface area contributed by atoms with E-state index in [0.29, 0.717) is 24.6 Å². The quantitative estimate of drug-likeness (QED) is 0.864. The number of hydrogen-bond acceptors (Lipinski definition) is 4. The lowest BCUT2D eigenvalue weighted by atomic mass is 10.1. The third-order valence-corrected chi connectivity index (χ3v) is 3.62. The Labute approximate surface area is 128 Å². The average Bonchev–Trinajstić information content (AvgIpc) is 2.99. The fourth-order valence-electron chi connectivity index (χ4n) is 2.50. The van der Waals surface area contributed by atoms with Gasteiger partial charge in [0.15, 0.2) is 5.69 Å². The van der Waals surface area contributed by atoms with E-state index in [9.17, 15) is 9.90 Å². The predicted molar refractivity (Wildman–Crippen MR) is 80.8 cm³/mol. The van der Waals surface area contributed by atoms with E-state index in [1.807, 2.05) is 30.3 Å². The summed E-state index contributed by atoms with van der Waals surface area (Å²) < 4.78 is 7.15. The maximum absolute atomic E-state index is 12.3. The van der Waals surface area contributed by atoms with Crippen LogP contribution in [0, 0.1) is 0 Å². The Morgan fingerprint density at radius 1 is 1.41 bits per heavy atom. The van der Waals surface area contributed by atoms with Gasteiger partial charge >= 0.3 is 0 Å². The number of aromatic nitrogens is 2. The molecule has 3 rings (SSSR count). The Morgan fingerprint density at radius 2 is 2.23 bits per heavy atom. The van der Waals surface area contributed by atoms with Crippen molar-refractivity contribution in [1.82, 2.24) is 15.1 Å². The highest BCUT2D eigenvalue weighted by atomic mass is 16.5. The number of benzene rings is 1. The summed E-state index contributed by atoms with van der Waals surface area (Å²) in [5.74, 6) is 0.334. The second kappa shape index (κ2) is 6.62. The van der Waals surface area contributed by atoms with Crippen molar-refractivity contribution in [2.75, 3.05) is 13.2 Å². The van der Waals surface area contributed by atoms with E-state index in [1.54, 1.807) is 10.7 Å². The first-order valence-corrected chi connectivity index (χ1v) is 7.42. The van der Waals surface area contributed by atoms with Crippen LogP contribution in [-0.4, -0.2) is 40.0 Å². The van der Waals surface area contributed by atoms with Gasteiger partial charge in [0.25, 0.3) is 5.91 Å². The van der Waals surface area contributed by atoms with Crippen LogP contribution in [-0.2, 0) is 13.0 Å². The molecule has 1 aliphatic heterocycles. The summed E-state index contributed by atoms with van der Waals surface area (Å²) in [6.45, 7) is 1.29. The van der Waals surface area contributed by atoms with Crippen LogP contribution in [0.15, 0.2) is 36.4 Å². The molecule has 22 heavy (non-hydrogen) atoms. The van der Waals surface area contributed by atoms with Crippen molar-refractivity contribution in [3.05, 3.63) is 47.7 Å². The van der Waals surface area contributed by atoms with E-state index in [2.05, 4.69) is 10.4 Å². The highest BCUT2D eigenvalue weighted by Gasteiger charge is 2.20. The van der Waals surface area contributed by atoms with Crippen molar-refractivity contribution < 1.29 is 14.6 Å². The fourth-order valence-corrected chi connectivity index (χ4v) is 2.50. The molecule has 6 heteroatoms. The van der Waals surface area contributed by atoms with Crippen LogP contribution in [0.5, 0.6) is 5.88 Å². The summed E-state index contributed by atoms with van der Waals surface area (Å²) in [5.41, 5.74) is 1.39. The third kappa shape index (κ3) is 3.28. The maximum Gasteiger partial charge on any atom is 0.272 e.